The molecule has 3 heteroatoms. The van der Waals surface area contributed by atoms with Crippen molar-refractivity contribution in [2.45, 2.75) is 90.5 Å². The summed E-state index contributed by atoms with van der Waals surface area (Å²) < 4.78 is 5.13. The van der Waals surface area contributed by atoms with E-state index in [2.05, 4.69) is 6.92 Å². The lowest BCUT2D eigenvalue weighted by Gasteiger charge is -2.22. The van der Waals surface area contributed by atoms with Gasteiger partial charge in [0.1, 0.15) is 6.04 Å². The van der Waals surface area contributed by atoms with Crippen molar-refractivity contribution in [1.82, 2.24) is 4.90 Å². The number of nitrogens with zero attached hydrogens (tertiary/aromatic N) is 1. The lowest BCUT2D eigenvalue weighted by atomic mass is 10.0. The van der Waals surface area contributed by atoms with E-state index < -0.39 is 0 Å². The minimum Gasteiger partial charge on any atom is -0.465 e. The van der Waals surface area contributed by atoms with Gasteiger partial charge in [-0.05, 0) is 27.4 Å². The predicted octanol–water partition coefficient (Wildman–Crippen LogP) is 4.79. The number of esters is 1. The van der Waals surface area contributed by atoms with E-state index >= 15 is 0 Å². The monoisotopic (exact) mass is 299 g/mol. The average Bonchev–Trinajstić information content (AvgIpc) is 2.44. The smallest absolute Gasteiger partial charge is 0.323 e. The summed E-state index contributed by atoms with van der Waals surface area (Å²) in [5, 5.41) is 0. The van der Waals surface area contributed by atoms with Crippen LogP contribution in [-0.4, -0.2) is 37.6 Å². The van der Waals surface area contributed by atoms with E-state index in [0.717, 1.165) is 12.8 Å². The second kappa shape index (κ2) is 14.4. The van der Waals surface area contributed by atoms with Crippen LogP contribution in [0.2, 0.25) is 0 Å². The molecule has 0 fully saturated rings. The van der Waals surface area contributed by atoms with Gasteiger partial charge in [0.25, 0.3) is 0 Å². The van der Waals surface area contributed by atoms with Gasteiger partial charge in [-0.1, -0.05) is 71.1 Å². The number of hydrogen-bond acceptors (Lipinski definition) is 3. The summed E-state index contributed by atoms with van der Waals surface area (Å²) in [4.78, 5) is 13.8. The van der Waals surface area contributed by atoms with Crippen molar-refractivity contribution < 1.29 is 9.53 Å². The molecule has 0 rings (SSSR count). The highest BCUT2D eigenvalue weighted by atomic mass is 16.5. The molecule has 3 nitrogen and oxygen atoms in total. The first-order valence-corrected chi connectivity index (χ1v) is 8.96. The van der Waals surface area contributed by atoms with Crippen molar-refractivity contribution in [3.63, 3.8) is 0 Å². The van der Waals surface area contributed by atoms with Gasteiger partial charge in [0.15, 0.2) is 0 Å². The molecule has 0 aromatic carbocycles. The zero-order chi connectivity index (χ0) is 15.9. The van der Waals surface area contributed by atoms with Crippen LogP contribution in [0.15, 0.2) is 0 Å². The molecule has 0 bridgehead atoms. The molecular weight excluding hydrogens is 262 g/mol. The number of ether oxygens (including phenoxy) is 1. The van der Waals surface area contributed by atoms with Gasteiger partial charge in [0.05, 0.1) is 6.61 Å². The summed E-state index contributed by atoms with van der Waals surface area (Å²) >= 11 is 0. The summed E-state index contributed by atoms with van der Waals surface area (Å²) in [5.74, 6) is -0.0709. The first kappa shape index (κ1) is 20.4. The van der Waals surface area contributed by atoms with Crippen molar-refractivity contribution in [3.8, 4) is 0 Å². The Labute approximate surface area is 132 Å². The predicted molar refractivity (Wildman–Crippen MR) is 90.6 cm³/mol. The fraction of sp³-hybridized carbons (Fsp3) is 0.944. The minimum absolute atomic E-state index is 0.0704. The Balaban J connectivity index is 3.52. The van der Waals surface area contributed by atoms with Gasteiger partial charge in [-0.15, -0.1) is 0 Å². The first-order valence-electron chi connectivity index (χ1n) is 8.96. The van der Waals surface area contributed by atoms with Crippen molar-refractivity contribution >= 4 is 5.97 Å². The van der Waals surface area contributed by atoms with E-state index in [4.69, 9.17) is 4.74 Å². The minimum atomic E-state index is -0.0709. The molecule has 0 amide bonds. The molecule has 0 aliphatic heterocycles. The Morgan fingerprint density at radius 2 is 1.33 bits per heavy atom. The Hall–Kier alpha value is -0.570. The first-order chi connectivity index (χ1) is 10.1. The third kappa shape index (κ3) is 11.7. The third-order valence-corrected chi connectivity index (χ3v) is 4.01. The summed E-state index contributed by atoms with van der Waals surface area (Å²) in [7, 11) is 3.91. The largest absolute Gasteiger partial charge is 0.465 e. The molecule has 0 aliphatic rings. The molecule has 0 radical (unpaired) electrons. The van der Waals surface area contributed by atoms with Crippen molar-refractivity contribution in [3.05, 3.63) is 0 Å². The summed E-state index contributed by atoms with van der Waals surface area (Å²) in [6.07, 6.45) is 14.2. The maximum Gasteiger partial charge on any atom is 0.323 e. The summed E-state index contributed by atoms with van der Waals surface area (Å²) in [5.41, 5.74) is 0. The van der Waals surface area contributed by atoms with Crippen LogP contribution >= 0.6 is 0 Å². The standard InChI is InChI=1S/C18H37NO2/c1-5-7-8-9-10-11-12-13-14-15-16-17(19(3)4)18(20)21-6-2/h17H,5-16H2,1-4H3. The van der Waals surface area contributed by atoms with Crippen molar-refractivity contribution in [1.29, 1.82) is 0 Å². The Kier molecular flexibility index (Phi) is 14.0. The van der Waals surface area contributed by atoms with E-state index in [1.54, 1.807) is 0 Å². The SMILES string of the molecule is CCCCCCCCCCCCC(C(=O)OCC)N(C)C. The third-order valence-electron chi connectivity index (χ3n) is 4.01. The normalized spacial score (nSPS) is 12.6. The number of hydrogen-bond donors (Lipinski definition) is 0. The molecule has 0 aromatic heterocycles. The van der Waals surface area contributed by atoms with Gasteiger partial charge in [0, 0.05) is 0 Å². The average molecular weight is 299 g/mol. The van der Waals surface area contributed by atoms with Gasteiger partial charge in [-0.25, -0.2) is 0 Å². The van der Waals surface area contributed by atoms with Crippen LogP contribution in [0.25, 0.3) is 0 Å². The van der Waals surface area contributed by atoms with E-state index in [9.17, 15) is 4.79 Å². The molecule has 0 saturated heterocycles. The topological polar surface area (TPSA) is 29.5 Å². The maximum atomic E-state index is 11.8. The van der Waals surface area contributed by atoms with Gasteiger partial charge in [-0.2, -0.15) is 0 Å². The zero-order valence-corrected chi connectivity index (χ0v) is 14.8. The lowest BCUT2D eigenvalue weighted by Crippen LogP contribution is -2.37. The van der Waals surface area contributed by atoms with E-state index in [0.29, 0.717) is 6.61 Å². The number of unbranched alkanes of at least 4 members (excludes halogenated alkanes) is 9. The summed E-state index contributed by atoms with van der Waals surface area (Å²) in [6, 6.07) is -0.0704. The molecule has 1 unspecified atom stereocenters. The van der Waals surface area contributed by atoms with Gasteiger partial charge in [-0.3, -0.25) is 9.69 Å². The fourth-order valence-corrected chi connectivity index (χ4v) is 2.65. The van der Waals surface area contributed by atoms with Crippen LogP contribution in [0.4, 0.5) is 0 Å². The quantitative estimate of drug-likeness (QED) is 0.341. The number of carbonyl (C=O) groups is 1. The highest BCUT2D eigenvalue weighted by molar-refractivity contribution is 5.75. The maximum absolute atomic E-state index is 11.8. The van der Waals surface area contributed by atoms with Crippen molar-refractivity contribution in [2.24, 2.45) is 0 Å². The molecule has 0 spiro atoms. The van der Waals surface area contributed by atoms with Gasteiger partial charge < -0.3 is 4.74 Å². The molecular formula is C18H37NO2. The molecule has 21 heavy (non-hydrogen) atoms. The van der Waals surface area contributed by atoms with E-state index in [1.165, 1.54) is 57.8 Å². The molecule has 0 heterocycles. The van der Waals surface area contributed by atoms with Crippen LogP contribution in [0, 0.1) is 0 Å². The van der Waals surface area contributed by atoms with E-state index in [1.807, 2.05) is 25.9 Å². The summed E-state index contributed by atoms with van der Waals surface area (Å²) in [6.45, 7) is 4.60. The lowest BCUT2D eigenvalue weighted by molar-refractivity contribution is -0.148. The molecule has 126 valence electrons. The number of likely N-dealkylation sites (N-methyl/N-ethyl adjacent to an activating group) is 1. The molecule has 0 aromatic rings. The van der Waals surface area contributed by atoms with Crippen LogP contribution in [0.5, 0.6) is 0 Å². The highest BCUT2D eigenvalue weighted by Gasteiger charge is 2.21. The highest BCUT2D eigenvalue weighted by Crippen LogP contribution is 2.13. The molecule has 0 saturated carbocycles. The Morgan fingerprint density at radius 3 is 1.76 bits per heavy atom. The van der Waals surface area contributed by atoms with E-state index in [-0.39, 0.29) is 12.0 Å². The van der Waals surface area contributed by atoms with Crippen LogP contribution < -0.4 is 0 Å². The zero-order valence-electron chi connectivity index (χ0n) is 14.8. The second-order valence-electron chi connectivity index (χ2n) is 6.20. The second-order valence-corrected chi connectivity index (χ2v) is 6.20. The Morgan fingerprint density at radius 1 is 0.857 bits per heavy atom. The fourth-order valence-electron chi connectivity index (χ4n) is 2.65. The molecule has 0 N–H and O–H groups in total. The van der Waals surface area contributed by atoms with Gasteiger partial charge >= 0.3 is 5.97 Å². The number of carbonyl (C=O) groups excluding carboxylic acids is 1. The Bertz CT molecular complexity index is 241. The van der Waals surface area contributed by atoms with Crippen LogP contribution in [0.1, 0.15) is 84.5 Å². The number of rotatable bonds is 14. The van der Waals surface area contributed by atoms with Crippen LogP contribution in [0.3, 0.4) is 0 Å². The van der Waals surface area contributed by atoms with Crippen molar-refractivity contribution in [2.75, 3.05) is 20.7 Å². The van der Waals surface area contributed by atoms with Gasteiger partial charge in [0.2, 0.25) is 0 Å². The van der Waals surface area contributed by atoms with Crippen LogP contribution in [-0.2, 0) is 9.53 Å². The molecule has 1 atom stereocenters. The molecule has 0 aliphatic carbocycles.